The number of carbonyl (C=O) groups excluding carboxylic acids is 2. The van der Waals surface area contributed by atoms with E-state index in [1.165, 1.54) is 12.1 Å². The molecule has 2 aliphatic rings. The summed E-state index contributed by atoms with van der Waals surface area (Å²) in [5.41, 5.74) is 4.18. The van der Waals surface area contributed by atoms with Crippen LogP contribution < -0.4 is 10.2 Å². The first-order valence-electron chi connectivity index (χ1n) is 11.7. The predicted octanol–water partition coefficient (Wildman–Crippen LogP) is 5.91. The first kappa shape index (κ1) is 22.5. The average molecular weight is 468 g/mol. The van der Waals surface area contributed by atoms with Crippen LogP contribution in [-0.2, 0) is 9.59 Å². The van der Waals surface area contributed by atoms with Gasteiger partial charge in [0.25, 0.3) is 5.69 Å². The van der Waals surface area contributed by atoms with Gasteiger partial charge in [0.1, 0.15) is 0 Å². The molecule has 0 spiro atoms. The lowest BCUT2D eigenvalue weighted by molar-refractivity contribution is -0.384. The molecule has 3 aromatic rings. The van der Waals surface area contributed by atoms with Gasteiger partial charge in [-0.2, -0.15) is 0 Å². The molecule has 1 amide bonds. The van der Waals surface area contributed by atoms with E-state index in [1.54, 1.807) is 24.0 Å². The molecule has 176 valence electrons. The first-order valence-corrected chi connectivity index (χ1v) is 11.7. The Hall–Kier alpha value is -4.26. The van der Waals surface area contributed by atoms with E-state index in [9.17, 15) is 19.7 Å². The van der Waals surface area contributed by atoms with E-state index >= 15 is 0 Å². The summed E-state index contributed by atoms with van der Waals surface area (Å²) in [4.78, 5) is 39.9. The summed E-state index contributed by atoms with van der Waals surface area (Å²) >= 11 is 0. The number of Topliss-reactive ketones (excluding diaryl/α,β-unsaturated/α-hetero) is 1. The fourth-order valence-electron chi connectivity index (χ4n) is 5.12. The Labute approximate surface area is 203 Å². The minimum atomic E-state index is -0.766. The lowest BCUT2D eigenvalue weighted by Gasteiger charge is -2.35. The third-order valence-electron chi connectivity index (χ3n) is 6.73. The van der Waals surface area contributed by atoms with Gasteiger partial charge >= 0.3 is 0 Å². The number of anilines is 2. The number of fused-ring (bicyclic) bond motifs is 1. The van der Waals surface area contributed by atoms with Crippen molar-refractivity contribution in [3.05, 3.63) is 111 Å². The Kier molecular flexibility index (Phi) is 5.91. The lowest BCUT2D eigenvalue weighted by atomic mass is 9.78. The molecule has 1 aliphatic carbocycles. The number of nitro groups is 1. The summed E-state index contributed by atoms with van der Waals surface area (Å²) in [5.74, 6) is -0.227. The Morgan fingerprint density at radius 3 is 2.46 bits per heavy atom. The van der Waals surface area contributed by atoms with Crippen molar-refractivity contribution < 1.29 is 14.5 Å². The Balaban J connectivity index is 1.73. The lowest BCUT2D eigenvalue weighted by Crippen LogP contribution is -2.38. The monoisotopic (exact) mass is 467 g/mol. The second-order valence-electron chi connectivity index (χ2n) is 8.85. The molecule has 0 aromatic heterocycles. The molecule has 0 saturated carbocycles. The number of hydrogen-bond donors (Lipinski definition) is 1. The Morgan fingerprint density at radius 2 is 1.71 bits per heavy atom. The summed E-state index contributed by atoms with van der Waals surface area (Å²) in [6.45, 7) is 1.77. The van der Waals surface area contributed by atoms with Gasteiger partial charge < -0.3 is 5.32 Å². The standard InChI is InChI=1S/C28H25N3O4/c1-2-26(33)30-24-14-7-6-13-22(24)29-23-16-20(18-9-4-3-5-10-18)17-25(32)27(23)28(30)19-11-8-12-21(15-19)31(34)35/h3-15,20,28-29H,2,16-17H2,1H3/t20-,28-/m1/s1. The van der Waals surface area contributed by atoms with Crippen molar-refractivity contribution in [3.8, 4) is 0 Å². The number of ketones is 1. The maximum Gasteiger partial charge on any atom is 0.269 e. The fraction of sp³-hybridized carbons (Fsp3) is 0.214. The van der Waals surface area contributed by atoms with Crippen LogP contribution in [0, 0.1) is 10.1 Å². The average Bonchev–Trinajstić information content (AvgIpc) is 3.03. The summed E-state index contributed by atoms with van der Waals surface area (Å²) < 4.78 is 0. The third kappa shape index (κ3) is 4.10. The summed E-state index contributed by atoms with van der Waals surface area (Å²) in [6, 6.07) is 22.9. The first-order chi connectivity index (χ1) is 17.0. The Morgan fingerprint density at radius 1 is 1.00 bits per heavy atom. The normalized spacial score (nSPS) is 19.3. The number of benzene rings is 3. The second-order valence-corrected chi connectivity index (χ2v) is 8.85. The van der Waals surface area contributed by atoms with Gasteiger partial charge in [0.05, 0.1) is 22.3 Å². The van der Waals surface area contributed by atoms with Crippen LogP contribution in [0.1, 0.15) is 49.3 Å². The fourth-order valence-corrected chi connectivity index (χ4v) is 5.12. The van der Waals surface area contributed by atoms with E-state index in [2.05, 4.69) is 5.32 Å². The van der Waals surface area contributed by atoms with Crippen LogP contribution in [0.25, 0.3) is 0 Å². The number of nitrogens with zero attached hydrogens (tertiary/aromatic N) is 2. The number of carbonyl (C=O) groups is 2. The minimum Gasteiger partial charge on any atom is -0.357 e. The van der Waals surface area contributed by atoms with E-state index < -0.39 is 11.0 Å². The van der Waals surface area contributed by atoms with Crippen molar-refractivity contribution in [1.29, 1.82) is 0 Å². The van der Waals surface area contributed by atoms with E-state index in [0.29, 0.717) is 29.7 Å². The zero-order chi connectivity index (χ0) is 24.5. The smallest absolute Gasteiger partial charge is 0.269 e. The molecule has 7 heteroatoms. The number of allylic oxidation sites excluding steroid dienone is 1. The zero-order valence-electron chi connectivity index (χ0n) is 19.3. The number of amides is 1. The highest BCUT2D eigenvalue weighted by Crippen LogP contribution is 2.47. The highest BCUT2D eigenvalue weighted by Gasteiger charge is 2.41. The molecule has 1 N–H and O–H groups in total. The highest BCUT2D eigenvalue weighted by atomic mass is 16.6. The van der Waals surface area contributed by atoms with Crippen molar-refractivity contribution in [2.75, 3.05) is 10.2 Å². The Bertz CT molecular complexity index is 1350. The number of para-hydroxylation sites is 2. The molecule has 0 radical (unpaired) electrons. The molecule has 3 aromatic carbocycles. The minimum absolute atomic E-state index is 0.00120. The number of nitrogens with one attached hydrogen (secondary N) is 1. The van der Waals surface area contributed by atoms with Gasteiger partial charge in [0, 0.05) is 36.2 Å². The van der Waals surface area contributed by atoms with Crippen molar-refractivity contribution in [2.24, 2.45) is 0 Å². The number of non-ortho nitro benzene ring substituents is 1. The van der Waals surface area contributed by atoms with Gasteiger partial charge in [0.2, 0.25) is 5.91 Å². The molecule has 1 aliphatic heterocycles. The van der Waals surface area contributed by atoms with Gasteiger partial charge in [-0.3, -0.25) is 24.6 Å². The van der Waals surface area contributed by atoms with Crippen molar-refractivity contribution >= 4 is 28.8 Å². The molecule has 1 heterocycles. The molecule has 7 nitrogen and oxygen atoms in total. The van der Waals surface area contributed by atoms with Crippen LogP contribution in [0.4, 0.5) is 17.1 Å². The van der Waals surface area contributed by atoms with Crippen molar-refractivity contribution in [1.82, 2.24) is 0 Å². The topological polar surface area (TPSA) is 92.6 Å². The molecule has 0 fully saturated rings. The maximum absolute atomic E-state index is 13.8. The number of hydrogen-bond acceptors (Lipinski definition) is 5. The van der Waals surface area contributed by atoms with E-state index in [4.69, 9.17) is 0 Å². The zero-order valence-corrected chi connectivity index (χ0v) is 19.3. The van der Waals surface area contributed by atoms with Gasteiger partial charge in [0.15, 0.2) is 5.78 Å². The number of rotatable bonds is 4. The van der Waals surface area contributed by atoms with Gasteiger partial charge in [-0.25, -0.2) is 0 Å². The van der Waals surface area contributed by atoms with Crippen LogP contribution in [0.2, 0.25) is 0 Å². The van der Waals surface area contributed by atoms with Gasteiger partial charge in [-0.1, -0.05) is 61.5 Å². The summed E-state index contributed by atoms with van der Waals surface area (Å²) in [5, 5.41) is 15.0. The molecule has 0 bridgehead atoms. The summed E-state index contributed by atoms with van der Waals surface area (Å²) in [6.07, 6.45) is 1.13. The largest absolute Gasteiger partial charge is 0.357 e. The van der Waals surface area contributed by atoms with Gasteiger partial charge in [-0.05, 0) is 35.6 Å². The van der Waals surface area contributed by atoms with Crippen LogP contribution in [-0.4, -0.2) is 16.6 Å². The van der Waals surface area contributed by atoms with E-state index in [1.807, 2.05) is 54.6 Å². The molecule has 0 unspecified atom stereocenters. The SMILES string of the molecule is CCC(=O)N1c2ccccc2NC2=C(C(=O)C[C@H](c3ccccc3)C2)[C@H]1c1cccc([N+](=O)[O-])c1. The second kappa shape index (κ2) is 9.18. The predicted molar refractivity (Wildman–Crippen MR) is 134 cm³/mol. The van der Waals surface area contributed by atoms with Crippen LogP contribution in [0.5, 0.6) is 0 Å². The molecule has 35 heavy (non-hydrogen) atoms. The highest BCUT2D eigenvalue weighted by molar-refractivity contribution is 6.06. The van der Waals surface area contributed by atoms with Crippen LogP contribution in [0.3, 0.4) is 0 Å². The molecular weight excluding hydrogens is 442 g/mol. The van der Waals surface area contributed by atoms with Crippen molar-refractivity contribution in [2.45, 2.75) is 38.1 Å². The van der Waals surface area contributed by atoms with Gasteiger partial charge in [-0.15, -0.1) is 0 Å². The molecule has 2 atom stereocenters. The van der Waals surface area contributed by atoms with E-state index in [-0.39, 0.29) is 29.7 Å². The quantitative estimate of drug-likeness (QED) is 0.381. The van der Waals surface area contributed by atoms with Crippen LogP contribution in [0.15, 0.2) is 90.1 Å². The maximum atomic E-state index is 13.8. The molecule has 0 saturated heterocycles. The van der Waals surface area contributed by atoms with Crippen molar-refractivity contribution in [3.63, 3.8) is 0 Å². The molecule has 5 rings (SSSR count). The number of nitro benzene ring substituents is 1. The van der Waals surface area contributed by atoms with E-state index in [0.717, 1.165) is 16.9 Å². The summed E-state index contributed by atoms with van der Waals surface area (Å²) in [7, 11) is 0. The third-order valence-corrected chi connectivity index (χ3v) is 6.73. The van der Waals surface area contributed by atoms with Crippen LogP contribution >= 0.6 is 0 Å². The molecular formula is C28H25N3O4.